The normalized spacial score (nSPS) is 12.9. The second kappa shape index (κ2) is 5.67. The number of ether oxygens (including phenoxy) is 2. The van der Waals surface area contributed by atoms with Crippen LogP contribution in [0.15, 0.2) is 0 Å². The Morgan fingerprint density at radius 1 is 1.38 bits per heavy atom. The first-order valence-electron chi connectivity index (χ1n) is 4.82. The smallest absolute Gasteiger partial charge is 0.410 e. The first kappa shape index (κ1) is 14.7. The molecule has 0 radical (unpaired) electrons. The maximum absolute atomic E-state index is 12.6. The Labute approximate surface area is 94.5 Å². The summed E-state index contributed by atoms with van der Waals surface area (Å²) in [5.74, 6) is -0.809. The standard InChI is InChI=1S/C10H18FNO4/c1-10(2,3)16-9(14)12(4)7(6-11)8(13)15-5/h7H,6H2,1-5H3. The second-order valence-corrected chi connectivity index (χ2v) is 4.28. The number of methoxy groups -OCH3 is 1. The van der Waals surface area contributed by atoms with Crippen molar-refractivity contribution in [2.24, 2.45) is 0 Å². The monoisotopic (exact) mass is 235 g/mol. The Morgan fingerprint density at radius 3 is 2.19 bits per heavy atom. The van der Waals surface area contributed by atoms with Gasteiger partial charge in [0, 0.05) is 7.05 Å². The highest BCUT2D eigenvalue weighted by Gasteiger charge is 2.30. The van der Waals surface area contributed by atoms with Crippen molar-refractivity contribution in [2.45, 2.75) is 32.4 Å². The lowest BCUT2D eigenvalue weighted by molar-refractivity contribution is -0.146. The summed E-state index contributed by atoms with van der Waals surface area (Å²) in [7, 11) is 2.42. The predicted octanol–water partition coefficient (Wildman–Crippen LogP) is 1.36. The van der Waals surface area contributed by atoms with Crippen molar-refractivity contribution in [1.29, 1.82) is 0 Å². The number of likely N-dealkylation sites (N-methyl/N-ethyl adjacent to an activating group) is 1. The molecule has 0 aliphatic heterocycles. The Kier molecular flexibility index (Phi) is 5.20. The third-order valence-electron chi connectivity index (χ3n) is 1.77. The fourth-order valence-corrected chi connectivity index (χ4v) is 0.922. The SMILES string of the molecule is COC(=O)C(CF)N(C)C(=O)OC(C)(C)C. The van der Waals surface area contributed by atoms with Gasteiger partial charge in [-0.2, -0.15) is 0 Å². The molecule has 1 unspecified atom stereocenters. The van der Waals surface area contributed by atoms with Gasteiger partial charge in [-0.3, -0.25) is 4.90 Å². The summed E-state index contributed by atoms with van der Waals surface area (Å²) in [6.45, 7) is 4.03. The van der Waals surface area contributed by atoms with Crippen LogP contribution >= 0.6 is 0 Å². The van der Waals surface area contributed by atoms with Gasteiger partial charge in [-0.1, -0.05) is 0 Å². The summed E-state index contributed by atoms with van der Waals surface area (Å²) in [6, 6.07) is -1.26. The van der Waals surface area contributed by atoms with E-state index in [9.17, 15) is 14.0 Å². The van der Waals surface area contributed by atoms with E-state index < -0.39 is 30.4 Å². The number of rotatable bonds is 3. The molecule has 0 saturated heterocycles. The predicted molar refractivity (Wildman–Crippen MR) is 55.8 cm³/mol. The molecule has 0 aromatic rings. The summed E-state index contributed by atoms with van der Waals surface area (Å²) in [6.07, 6.45) is -0.763. The molecule has 0 aliphatic carbocycles. The van der Waals surface area contributed by atoms with Gasteiger partial charge < -0.3 is 9.47 Å². The lowest BCUT2D eigenvalue weighted by Gasteiger charge is -2.27. The summed E-state index contributed by atoms with van der Waals surface area (Å²) >= 11 is 0. The van der Waals surface area contributed by atoms with E-state index in [-0.39, 0.29) is 0 Å². The number of carbonyl (C=O) groups excluding carboxylic acids is 2. The Morgan fingerprint density at radius 2 is 1.88 bits per heavy atom. The first-order valence-corrected chi connectivity index (χ1v) is 4.82. The zero-order valence-electron chi connectivity index (χ0n) is 10.2. The van der Waals surface area contributed by atoms with Crippen molar-refractivity contribution in [2.75, 3.05) is 20.8 Å². The van der Waals surface area contributed by atoms with Crippen LogP contribution in [0.3, 0.4) is 0 Å². The quantitative estimate of drug-likeness (QED) is 0.693. The molecule has 0 aromatic carbocycles. The number of amides is 1. The van der Waals surface area contributed by atoms with Crippen molar-refractivity contribution < 1.29 is 23.5 Å². The molecule has 0 rings (SSSR count). The van der Waals surface area contributed by atoms with Crippen molar-refractivity contribution in [3.63, 3.8) is 0 Å². The third kappa shape index (κ3) is 4.46. The van der Waals surface area contributed by atoms with Crippen LogP contribution in [0.1, 0.15) is 20.8 Å². The van der Waals surface area contributed by atoms with E-state index in [1.54, 1.807) is 20.8 Å². The number of esters is 1. The number of carbonyl (C=O) groups is 2. The molecule has 6 heteroatoms. The van der Waals surface area contributed by atoms with Gasteiger partial charge in [0.1, 0.15) is 12.3 Å². The molecule has 0 aromatic heterocycles. The molecule has 1 atom stereocenters. The number of nitrogens with zero attached hydrogens (tertiary/aromatic N) is 1. The molecule has 0 aliphatic rings. The van der Waals surface area contributed by atoms with Crippen molar-refractivity contribution in [3.8, 4) is 0 Å². The highest BCUT2D eigenvalue weighted by molar-refractivity contribution is 5.81. The lowest BCUT2D eigenvalue weighted by Crippen LogP contribution is -2.46. The van der Waals surface area contributed by atoms with Gasteiger partial charge >= 0.3 is 12.1 Å². The first-order chi connectivity index (χ1) is 7.22. The number of hydrogen-bond donors (Lipinski definition) is 0. The number of alkyl halides is 1. The average molecular weight is 235 g/mol. The molecule has 0 heterocycles. The molecule has 0 fully saturated rings. The van der Waals surface area contributed by atoms with Gasteiger partial charge in [-0.05, 0) is 20.8 Å². The maximum Gasteiger partial charge on any atom is 0.410 e. The summed E-state index contributed by atoms with van der Waals surface area (Å²) < 4.78 is 22.0. The van der Waals surface area contributed by atoms with Crippen molar-refractivity contribution in [1.82, 2.24) is 4.90 Å². The summed E-state index contributed by atoms with van der Waals surface area (Å²) in [5.41, 5.74) is -0.692. The van der Waals surface area contributed by atoms with Gasteiger partial charge in [0.25, 0.3) is 0 Å². The van der Waals surface area contributed by atoms with Crippen LogP contribution in [0.4, 0.5) is 9.18 Å². The van der Waals surface area contributed by atoms with Crippen LogP contribution < -0.4 is 0 Å². The molecular weight excluding hydrogens is 217 g/mol. The fourth-order valence-electron chi connectivity index (χ4n) is 0.922. The van der Waals surface area contributed by atoms with Crippen molar-refractivity contribution in [3.05, 3.63) is 0 Å². The average Bonchev–Trinajstić information content (AvgIpc) is 2.15. The van der Waals surface area contributed by atoms with E-state index in [1.807, 2.05) is 0 Å². The molecule has 94 valence electrons. The highest BCUT2D eigenvalue weighted by Crippen LogP contribution is 2.11. The zero-order chi connectivity index (χ0) is 12.9. The zero-order valence-corrected chi connectivity index (χ0v) is 10.2. The molecule has 0 N–H and O–H groups in total. The Balaban J connectivity index is 4.57. The Bertz CT molecular complexity index is 262. The minimum Gasteiger partial charge on any atom is -0.467 e. The van der Waals surface area contributed by atoms with Gasteiger partial charge in [0.05, 0.1) is 7.11 Å². The third-order valence-corrected chi connectivity index (χ3v) is 1.77. The van der Waals surface area contributed by atoms with Crippen LogP contribution in [-0.2, 0) is 14.3 Å². The Hall–Kier alpha value is -1.33. The number of halogens is 1. The summed E-state index contributed by atoms with van der Waals surface area (Å²) in [5, 5.41) is 0. The lowest BCUT2D eigenvalue weighted by atomic mass is 10.2. The largest absolute Gasteiger partial charge is 0.467 e. The minimum absolute atomic E-state index is 0.692. The van der Waals surface area contributed by atoms with Crippen LogP contribution in [0.5, 0.6) is 0 Å². The van der Waals surface area contributed by atoms with E-state index in [2.05, 4.69) is 4.74 Å². The topological polar surface area (TPSA) is 55.8 Å². The fraction of sp³-hybridized carbons (Fsp3) is 0.800. The molecule has 0 bridgehead atoms. The van der Waals surface area contributed by atoms with Gasteiger partial charge in [-0.25, -0.2) is 14.0 Å². The van der Waals surface area contributed by atoms with E-state index in [4.69, 9.17) is 4.74 Å². The second-order valence-electron chi connectivity index (χ2n) is 4.28. The van der Waals surface area contributed by atoms with E-state index in [1.165, 1.54) is 7.05 Å². The maximum atomic E-state index is 12.6. The molecule has 0 spiro atoms. The van der Waals surface area contributed by atoms with E-state index >= 15 is 0 Å². The molecule has 16 heavy (non-hydrogen) atoms. The van der Waals surface area contributed by atoms with Crippen LogP contribution in [-0.4, -0.2) is 49.4 Å². The van der Waals surface area contributed by atoms with E-state index in [0.717, 1.165) is 12.0 Å². The van der Waals surface area contributed by atoms with Crippen LogP contribution in [0, 0.1) is 0 Å². The highest BCUT2D eigenvalue weighted by atomic mass is 19.1. The minimum atomic E-state index is -1.26. The summed E-state index contributed by atoms with van der Waals surface area (Å²) in [4.78, 5) is 23.5. The van der Waals surface area contributed by atoms with Crippen LogP contribution in [0.25, 0.3) is 0 Å². The van der Waals surface area contributed by atoms with Gasteiger partial charge in [0.2, 0.25) is 0 Å². The molecular formula is C10H18FNO4. The molecule has 1 amide bonds. The van der Waals surface area contributed by atoms with Crippen LogP contribution in [0.2, 0.25) is 0 Å². The van der Waals surface area contributed by atoms with E-state index in [0.29, 0.717) is 0 Å². The van der Waals surface area contributed by atoms with Gasteiger partial charge in [-0.15, -0.1) is 0 Å². The number of hydrogen-bond acceptors (Lipinski definition) is 4. The van der Waals surface area contributed by atoms with Gasteiger partial charge in [0.15, 0.2) is 6.04 Å². The molecule has 0 saturated carbocycles. The van der Waals surface area contributed by atoms with Crippen molar-refractivity contribution >= 4 is 12.1 Å². The molecule has 5 nitrogen and oxygen atoms in total.